The zero-order valence-corrected chi connectivity index (χ0v) is 14.7. The fourth-order valence-electron chi connectivity index (χ4n) is 3.51. The van der Waals surface area contributed by atoms with Gasteiger partial charge in [-0.25, -0.2) is 0 Å². The van der Waals surface area contributed by atoms with E-state index in [2.05, 4.69) is 22.9 Å². The van der Waals surface area contributed by atoms with E-state index in [1.165, 1.54) is 0 Å². The number of unbranched alkanes of at least 4 members (excludes halogenated alkanes) is 2. The molecule has 2 aliphatic rings. The Morgan fingerprint density at radius 2 is 1.92 bits per heavy atom. The van der Waals surface area contributed by atoms with Crippen LogP contribution in [-0.2, 0) is 14.4 Å². The van der Waals surface area contributed by atoms with Gasteiger partial charge in [0.2, 0.25) is 17.7 Å². The normalized spacial score (nSPS) is 22.7. The first kappa shape index (κ1) is 18.7. The molecule has 3 amide bonds. The maximum absolute atomic E-state index is 12.6. The van der Waals surface area contributed by atoms with E-state index < -0.39 is 12.1 Å². The van der Waals surface area contributed by atoms with E-state index in [9.17, 15) is 14.4 Å². The molecule has 0 bridgehead atoms. The van der Waals surface area contributed by atoms with Gasteiger partial charge in [0.25, 0.3) is 0 Å². The van der Waals surface area contributed by atoms with E-state index in [1.807, 2.05) is 0 Å². The Bertz CT molecular complexity index is 447. The molecule has 1 unspecified atom stereocenters. The molecule has 24 heavy (non-hydrogen) atoms. The molecule has 1 aliphatic heterocycles. The first-order chi connectivity index (χ1) is 11.6. The largest absolute Gasteiger partial charge is 0.352 e. The first-order valence-corrected chi connectivity index (χ1v) is 9.50. The molecule has 2 atom stereocenters. The van der Waals surface area contributed by atoms with Crippen molar-refractivity contribution in [2.75, 3.05) is 0 Å². The highest BCUT2D eigenvalue weighted by atomic mass is 16.2. The number of rotatable bonds is 8. The molecule has 136 valence electrons. The van der Waals surface area contributed by atoms with E-state index in [1.54, 1.807) is 0 Å². The van der Waals surface area contributed by atoms with Crippen molar-refractivity contribution < 1.29 is 14.4 Å². The maximum atomic E-state index is 12.6. The van der Waals surface area contributed by atoms with Gasteiger partial charge in [0, 0.05) is 12.5 Å². The summed E-state index contributed by atoms with van der Waals surface area (Å²) < 4.78 is 0. The van der Waals surface area contributed by atoms with Gasteiger partial charge in [0.1, 0.15) is 12.1 Å². The van der Waals surface area contributed by atoms with Crippen molar-refractivity contribution in [3.63, 3.8) is 0 Å². The summed E-state index contributed by atoms with van der Waals surface area (Å²) in [6.07, 6.45) is 9.90. The van der Waals surface area contributed by atoms with Gasteiger partial charge in [-0.15, -0.1) is 0 Å². The lowest BCUT2D eigenvalue weighted by molar-refractivity contribution is -0.133. The molecule has 1 saturated heterocycles. The number of hydrogen-bond acceptors (Lipinski definition) is 3. The van der Waals surface area contributed by atoms with Crippen LogP contribution in [0.15, 0.2) is 0 Å². The predicted molar refractivity (Wildman–Crippen MR) is 92.3 cm³/mol. The van der Waals surface area contributed by atoms with Gasteiger partial charge in [0.15, 0.2) is 0 Å². The Morgan fingerprint density at radius 3 is 2.58 bits per heavy atom. The van der Waals surface area contributed by atoms with Crippen molar-refractivity contribution in [1.29, 1.82) is 0 Å². The minimum Gasteiger partial charge on any atom is -0.352 e. The van der Waals surface area contributed by atoms with E-state index in [-0.39, 0.29) is 23.8 Å². The number of carbonyl (C=O) groups is 3. The predicted octanol–water partition coefficient (Wildman–Crippen LogP) is 1.78. The molecule has 0 radical (unpaired) electrons. The molecule has 1 aliphatic carbocycles. The number of nitrogens with one attached hydrogen (secondary N) is 3. The van der Waals surface area contributed by atoms with Crippen LogP contribution >= 0.6 is 0 Å². The molecule has 0 aromatic carbocycles. The second-order valence-electron chi connectivity index (χ2n) is 7.06. The molecule has 1 saturated carbocycles. The molecule has 1 heterocycles. The van der Waals surface area contributed by atoms with E-state index in [0.717, 1.165) is 51.4 Å². The van der Waals surface area contributed by atoms with Crippen LogP contribution in [-0.4, -0.2) is 35.8 Å². The standard InChI is InChI=1S/C18H31N3O3/c1-2-3-4-10-15(17(23)19-13-8-5-6-9-13)21-18(24)14-11-7-12-16(22)20-14/h13-15H,2-12H2,1H3,(H,19,23)(H,20,22)(H,21,24)/t14-,15?/m0/s1. The Labute approximate surface area is 144 Å². The van der Waals surface area contributed by atoms with Crippen LogP contribution in [0.2, 0.25) is 0 Å². The van der Waals surface area contributed by atoms with Crippen LogP contribution in [0.1, 0.15) is 77.6 Å². The number of carbonyl (C=O) groups excluding carboxylic acids is 3. The van der Waals surface area contributed by atoms with Gasteiger partial charge in [-0.3, -0.25) is 14.4 Å². The van der Waals surface area contributed by atoms with Crippen LogP contribution < -0.4 is 16.0 Å². The highest BCUT2D eigenvalue weighted by Gasteiger charge is 2.29. The fourth-order valence-corrected chi connectivity index (χ4v) is 3.51. The monoisotopic (exact) mass is 337 g/mol. The minimum absolute atomic E-state index is 0.0755. The quantitative estimate of drug-likeness (QED) is 0.590. The highest BCUT2D eigenvalue weighted by molar-refractivity contribution is 5.92. The smallest absolute Gasteiger partial charge is 0.243 e. The van der Waals surface area contributed by atoms with Crippen LogP contribution in [0, 0.1) is 0 Å². The lowest BCUT2D eigenvalue weighted by atomic mass is 10.0. The molecule has 3 N–H and O–H groups in total. The highest BCUT2D eigenvalue weighted by Crippen LogP contribution is 2.18. The van der Waals surface area contributed by atoms with Crippen molar-refractivity contribution in [3.05, 3.63) is 0 Å². The molecular formula is C18H31N3O3. The molecule has 2 fully saturated rings. The second kappa shape index (κ2) is 9.64. The summed E-state index contributed by atoms with van der Waals surface area (Å²) >= 11 is 0. The number of amides is 3. The summed E-state index contributed by atoms with van der Waals surface area (Å²) in [7, 11) is 0. The Hall–Kier alpha value is -1.59. The van der Waals surface area contributed by atoms with Crippen molar-refractivity contribution in [2.24, 2.45) is 0 Å². The fraction of sp³-hybridized carbons (Fsp3) is 0.833. The van der Waals surface area contributed by atoms with Gasteiger partial charge in [-0.05, 0) is 32.1 Å². The third-order valence-corrected chi connectivity index (χ3v) is 4.98. The summed E-state index contributed by atoms with van der Waals surface area (Å²) in [5.41, 5.74) is 0. The lowest BCUT2D eigenvalue weighted by Crippen LogP contribution is -2.55. The number of hydrogen-bond donors (Lipinski definition) is 3. The van der Waals surface area contributed by atoms with Crippen LogP contribution in [0.25, 0.3) is 0 Å². The van der Waals surface area contributed by atoms with Gasteiger partial charge >= 0.3 is 0 Å². The minimum atomic E-state index is -0.501. The van der Waals surface area contributed by atoms with Crippen LogP contribution in [0.4, 0.5) is 0 Å². The number of piperidine rings is 1. The van der Waals surface area contributed by atoms with Gasteiger partial charge < -0.3 is 16.0 Å². The van der Waals surface area contributed by atoms with Crippen molar-refractivity contribution in [3.8, 4) is 0 Å². The Morgan fingerprint density at radius 1 is 1.17 bits per heavy atom. The third kappa shape index (κ3) is 5.80. The molecule has 0 aromatic rings. The molecule has 6 nitrogen and oxygen atoms in total. The van der Waals surface area contributed by atoms with E-state index in [4.69, 9.17) is 0 Å². The Kier molecular flexibility index (Phi) is 7.53. The van der Waals surface area contributed by atoms with Crippen LogP contribution in [0.5, 0.6) is 0 Å². The Balaban J connectivity index is 1.89. The summed E-state index contributed by atoms with van der Waals surface area (Å²) in [5.74, 6) is -0.390. The molecular weight excluding hydrogens is 306 g/mol. The van der Waals surface area contributed by atoms with Gasteiger partial charge in [-0.2, -0.15) is 0 Å². The lowest BCUT2D eigenvalue weighted by Gasteiger charge is -2.26. The summed E-state index contributed by atoms with van der Waals surface area (Å²) in [6, 6.07) is -0.750. The van der Waals surface area contributed by atoms with Crippen molar-refractivity contribution >= 4 is 17.7 Å². The van der Waals surface area contributed by atoms with Crippen LogP contribution in [0.3, 0.4) is 0 Å². The summed E-state index contributed by atoms with van der Waals surface area (Å²) in [4.78, 5) is 36.5. The summed E-state index contributed by atoms with van der Waals surface area (Å²) in [5, 5.41) is 8.67. The molecule has 2 rings (SSSR count). The van der Waals surface area contributed by atoms with Crippen molar-refractivity contribution in [1.82, 2.24) is 16.0 Å². The average molecular weight is 337 g/mol. The van der Waals surface area contributed by atoms with E-state index in [0.29, 0.717) is 19.3 Å². The summed E-state index contributed by atoms with van der Waals surface area (Å²) in [6.45, 7) is 2.11. The molecule has 0 spiro atoms. The third-order valence-electron chi connectivity index (χ3n) is 4.98. The van der Waals surface area contributed by atoms with Crippen molar-refractivity contribution in [2.45, 2.75) is 95.7 Å². The van der Waals surface area contributed by atoms with Gasteiger partial charge in [-0.1, -0.05) is 39.0 Å². The molecule has 0 aromatic heterocycles. The zero-order valence-electron chi connectivity index (χ0n) is 14.7. The second-order valence-corrected chi connectivity index (χ2v) is 7.06. The average Bonchev–Trinajstić information content (AvgIpc) is 3.07. The first-order valence-electron chi connectivity index (χ1n) is 9.50. The topological polar surface area (TPSA) is 87.3 Å². The SMILES string of the molecule is CCCCCC(NC(=O)[C@@H]1CCCC(=O)N1)C(=O)NC1CCCC1. The van der Waals surface area contributed by atoms with E-state index >= 15 is 0 Å². The zero-order chi connectivity index (χ0) is 17.4. The maximum Gasteiger partial charge on any atom is 0.243 e. The molecule has 6 heteroatoms. The van der Waals surface area contributed by atoms with Gasteiger partial charge in [0.05, 0.1) is 0 Å².